The molecule has 0 saturated heterocycles. The molecular formula is C42H70N16O8. The number of amides is 6. The molecule has 0 radical (unpaired) electrons. The number of aliphatic carboxylic acids is 1. The third kappa shape index (κ3) is 20.8. The van der Waals surface area contributed by atoms with E-state index in [1.807, 2.05) is 30.3 Å². The largest absolute Gasteiger partial charge is 0.480 e. The summed E-state index contributed by atoms with van der Waals surface area (Å²) in [7, 11) is 0. The number of benzene rings is 1. The van der Waals surface area contributed by atoms with Crippen molar-refractivity contribution in [2.45, 2.75) is 127 Å². The fraction of sp³-hybridized carbons (Fsp3) is 0.571. The summed E-state index contributed by atoms with van der Waals surface area (Å²) >= 11 is 0. The average Bonchev–Trinajstić information content (AvgIpc) is 3.79. The molecule has 24 nitrogen and oxygen atoms in total. The third-order valence-electron chi connectivity index (χ3n) is 10.5. The molecule has 0 spiro atoms. The Labute approximate surface area is 384 Å². The van der Waals surface area contributed by atoms with E-state index in [-0.39, 0.29) is 70.0 Å². The molecule has 2 aromatic rings. The number of imidazole rings is 1. The van der Waals surface area contributed by atoms with E-state index in [4.69, 9.17) is 34.4 Å². The highest BCUT2D eigenvalue weighted by Gasteiger charge is 2.35. The molecule has 1 aromatic heterocycles. The molecule has 0 fully saturated rings. The van der Waals surface area contributed by atoms with E-state index in [0.29, 0.717) is 31.5 Å². The SMILES string of the molecule is CCC(C)C(NC(=O)C(CCCN=C(N)N)NC(=O)C(CCCN=C(N)N)NC(=O)C(Cc1cnc[nH]1)NC(=O)C(N)Cc1ccccc1)C(=O)NC(CCCCN)C(=O)NC(C)C(=O)O. The summed E-state index contributed by atoms with van der Waals surface area (Å²) in [6.07, 6.45) is 4.82. The summed E-state index contributed by atoms with van der Waals surface area (Å²) in [6, 6.07) is 0.551. The number of aromatic amines is 1. The maximum Gasteiger partial charge on any atom is 0.325 e. The molecule has 24 heteroatoms. The first kappa shape index (κ1) is 55.3. The van der Waals surface area contributed by atoms with E-state index < -0.39 is 89.6 Å². The molecule has 0 aliphatic heterocycles. The second-order valence-corrected chi connectivity index (χ2v) is 15.9. The van der Waals surface area contributed by atoms with Crippen LogP contribution in [0.4, 0.5) is 0 Å². The van der Waals surface area contributed by atoms with Crippen LogP contribution in [0.15, 0.2) is 52.8 Å². The topological polar surface area (TPSA) is 421 Å². The van der Waals surface area contributed by atoms with Gasteiger partial charge in [-0.3, -0.25) is 43.5 Å². The molecule has 0 aliphatic rings. The van der Waals surface area contributed by atoms with Crippen LogP contribution in [0.3, 0.4) is 0 Å². The maximum atomic E-state index is 14.3. The van der Waals surface area contributed by atoms with E-state index in [1.165, 1.54) is 19.4 Å². The first-order valence-corrected chi connectivity index (χ1v) is 22.0. The Balaban J connectivity index is 2.45. The van der Waals surface area contributed by atoms with Crippen LogP contribution in [-0.2, 0) is 46.4 Å². The van der Waals surface area contributed by atoms with Gasteiger partial charge in [-0.05, 0) is 76.3 Å². The number of aliphatic imine (C=N–C) groups is 2. The number of hydrogen-bond donors (Lipinski definition) is 14. The number of H-pyrrole nitrogens is 1. The van der Waals surface area contributed by atoms with Crippen molar-refractivity contribution in [2.24, 2.45) is 50.3 Å². The fourth-order valence-corrected chi connectivity index (χ4v) is 6.51. The third-order valence-corrected chi connectivity index (χ3v) is 10.5. The Hall–Kier alpha value is -6.82. The number of unbranched alkanes of at least 4 members (excludes halogenated alkanes) is 1. The van der Waals surface area contributed by atoms with E-state index in [2.05, 4.69) is 51.9 Å². The maximum absolute atomic E-state index is 14.3. The number of nitrogens with zero attached hydrogens (tertiary/aromatic N) is 3. The lowest BCUT2D eigenvalue weighted by Gasteiger charge is -2.29. The average molecular weight is 927 g/mol. The number of guanidine groups is 2. The van der Waals surface area contributed by atoms with E-state index in [0.717, 1.165) is 5.56 Å². The molecule has 0 saturated carbocycles. The van der Waals surface area contributed by atoms with Gasteiger partial charge in [-0.15, -0.1) is 0 Å². The zero-order valence-corrected chi connectivity index (χ0v) is 38.0. The molecule has 2 rings (SSSR count). The van der Waals surface area contributed by atoms with Crippen LogP contribution in [0, 0.1) is 5.92 Å². The van der Waals surface area contributed by atoms with Crippen LogP contribution in [-0.4, -0.2) is 130 Å². The highest BCUT2D eigenvalue weighted by atomic mass is 16.4. The summed E-state index contributed by atoms with van der Waals surface area (Å²) in [4.78, 5) is 109. The summed E-state index contributed by atoms with van der Waals surface area (Å²) in [5.41, 5.74) is 35.3. The van der Waals surface area contributed by atoms with Gasteiger partial charge >= 0.3 is 5.97 Å². The first-order valence-electron chi connectivity index (χ1n) is 22.0. The second kappa shape index (κ2) is 29.6. The Morgan fingerprint density at radius 3 is 1.67 bits per heavy atom. The Kier molecular flexibility index (Phi) is 24.8. The van der Waals surface area contributed by atoms with Crippen molar-refractivity contribution in [1.82, 2.24) is 41.9 Å². The summed E-state index contributed by atoms with van der Waals surface area (Å²) in [5.74, 6) is -6.57. The van der Waals surface area contributed by atoms with Crippen LogP contribution in [0.2, 0.25) is 0 Å². The van der Waals surface area contributed by atoms with Crippen LogP contribution in [0.5, 0.6) is 0 Å². The number of aromatic nitrogens is 2. The van der Waals surface area contributed by atoms with Crippen LogP contribution < -0.4 is 66.3 Å². The van der Waals surface area contributed by atoms with Crippen molar-refractivity contribution < 1.29 is 38.7 Å². The monoisotopic (exact) mass is 927 g/mol. The number of hydrogen-bond acceptors (Lipinski definition) is 12. The molecule has 6 amide bonds. The molecule has 1 heterocycles. The molecule has 66 heavy (non-hydrogen) atoms. The van der Waals surface area contributed by atoms with Crippen LogP contribution in [0.1, 0.15) is 83.4 Å². The second-order valence-electron chi connectivity index (χ2n) is 15.9. The van der Waals surface area contributed by atoms with Gasteiger partial charge in [0, 0.05) is 31.4 Å². The molecule has 0 bridgehead atoms. The summed E-state index contributed by atoms with van der Waals surface area (Å²) < 4.78 is 0. The number of rotatable bonds is 31. The van der Waals surface area contributed by atoms with Gasteiger partial charge < -0.3 is 76.4 Å². The highest BCUT2D eigenvalue weighted by Crippen LogP contribution is 2.13. The standard InChI is InChI=1S/C42H70N16O8/c1-4-24(2)33(39(64)56-29(14-8-9-17-43)35(60)53-25(3)40(65)66)58-37(62)31(16-11-19-51-42(47)48)54-36(61)30(15-10-18-50-41(45)46)55-38(63)32(21-27-22-49-23-52-27)57-34(59)28(44)20-26-12-6-5-7-13-26/h5-7,12-13,22-25,28-33H,4,8-11,14-21,43-44H2,1-3H3,(H,49,52)(H,53,60)(H,54,61)(H,55,63)(H,56,64)(H,57,59)(H,58,62)(H,65,66)(H4,45,46,50)(H4,47,48,51). The predicted molar refractivity (Wildman–Crippen MR) is 247 cm³/mol. The minimum absolute atomic E-state index is 0.0268. The molecular weight excluding hydrogens is 857 g/mol. The van der Waals surface area contributed by atoms with Crippen molar-refractivity contribution in [1.29, 1.82) is 0 Å². The van der Waals surface area contributed by atoms with Crippen molar-refractivity contribution in [3.05, 3.63) is 54.1 Å². The molecule has 1 aromatic carbocycles. The van der Waals surface area contributed by atoms with Crippen molar-refractivity contribution in [3.8, 4) is 0 Å². The molecule has 0 aliphatic carbocycles. The summed E-state index contributed by atoms with van der Waals surface area (Å²) in [5, 5.41) is 25.3. The van der Waals surface area contributed by atoms with Gasteiger partial charge in [0.1, 0.15) is 36.3 Å². The Morgan fingerprint density at radius 1 is 0.667 bits per heavy atom. The van der Waals surface area contributed by atoms with Gasteiger partial charge in [0.15, 0.2) is 11.9 Å². The molecule has 20 N–H and O–H groups in total. The molecule has 8 atom stereocenters. The van der Waals surface area contributed by atoms with Crippen LogP contribution in [0.25, 0.3) is 0 Å². The number of carbonyl (C=O) groups excluding carboxylic acids is 6. The minimum Gasteiger partial charge on any atom is -0.480 e. The van der Waals surface area contributed by atoms with E-state index in [9.17, 15) is 38.7 Å². The zero-order valence-electron chi connectivity index (χ0n) is 38.0. The minimum atomic E-state index is -1.32. The normalized spacial score (nSPS) is 14.6. The van der Waals surface area contributed by atoms with Gasteiger partial charge in [-0.2, -0.15) is 0 Å². The Morgan fingerprint density at radius 2 is 1.17 bits per heavy atom. The quantitative estimate of drug-likeness (QED) is 0.0201. The van der Waals surface area contributed by atoms with E-state index in [1.54, 1.807) is 13.8 Å². The van der Waals surface area contributed by atoms with Crippen molar-refractivity contribution in [2.75, 3.05) is 19.6 Å². The molecule has 366 valence electrons. The number of carboxylic acids is 1. The molecule has 8 unspecified atom stereocenters. The lowest BCUT2D eigenvalue weighted by Crippen LogP contribution is -2.60. The summed E-state index contributed by atoms with van der Waals surface area (Å²) in [6.45, 7) is 5.26. The predicted octanol–water partition coefficient (Wildman–Crippen LogP) is -3.18. The van der Waals surface area contributed by atoms with Gasteiger partial charge in [0.05, 0.1) is 12.4 Å². The number of carbonyl (C=O) groups is 7. The van der Waals surface area contributed by atoms with Gasteiger partial charge in [-0.25, -0.2) is 4.98 Å². The first-order chi connectivity index (χ1) is 31.4. The van der Waals surface area contributed by atoms with Crippen molar-refractivity contribution in [3.63, 3.8) is 0 Å². The fourth-order valence-electron chi connectivity index (χ4n) is 6.51. The Bertz CT molecular complexity index is 1910. The highest BCUT2D eigenvalue weighted by molar-refractivity contribution is 5.97. The van der Waals surface area contributed by atoms with Gasteiger partial charge in [0.25, 0.3) is 0 Å². The van der Waals surface area contributed by atoms with Gasteiger partial charge in [-0.1, -0.05) is 50.6 Å². The van der Waals surface area contributed by atoms with Gasteiger partial charge in [0.2, 0.25) is 35.4 Å². The zero-order chi connectivity index (χ0) is 49.2. The lowest BCUT2D eigenvalue weighted by atomic mass is 9.96. The lowest BCUT2D eigenvalue weighted by molar-refractivity contribution is -0.142. The van der Waals surface area contributed by atoms with Crippen molar-refractivity contribution >= 4 is 53.3 Å². The number of carboxylic acid groups (broad SMARTS) is 1. The van der Waals surface area contributed by atoms with Crippen LogP contribution >= 0.6 is 0 Å². The van der Waals surface area contributed by atoms with E-state index >= 15 is 0 Å². The smallest absolute Gasteiger partial charge is 0.325 e. The number of nitrogens with one attached hydrogen (secondary N) is 7. The number of nitrogens with two attached hydrogens (primary N) is 6.